The summed E-state index contributed by atoms with van der Waals surface area (Å²) in [5.41, 5.74) is 0.303. The molecule has 2 rings (SSSR count). The number of thiophene rings is 1. The van der Waals surface area contributed by atoms with Gasteiger partial charge in [0.2, 0.25) is 0 Å². The zero-order chi connectivity index (χ0) is 14.8. The van der Waals surface area contributed by atoms with Gasteiger partial charge in [-0.25, -0.2) is 0 Å². The molecule has 1 fully saturated rings. The quantitative estimate of drug-likeness (QED) is 0.850. The Hall–Kier alpha value is 0.1000. The molecule has 0 amide bonds. The molecular formula is C16H27BrN2S. The number of rotatable bonds is 5. The fourth-order valence-electron chi connectivity index (χ4n) is 3.59. The number of hydrogen-bond donors (Lipinski definition) is 1. The molecule has 1 aromatic rings. The number of halogens is 1. The Morgan fingerprint density at radius 1 is 1.45 bits per heavy atom. The van der Waals surface area contributed by atoms with Crippen LogP contribution in [-0.4, -0.2) is 37.6 Å². The van der Waals surface area contributed by atoms with E-state index in [2.05, 4.69) is 65.7 Å². The zero-order valence-corrected chi connectivity index (χ0v) is 15.5. The Kier molecular flexibility index (Phi) is 5.69. The Balaban J connectivity index is 2.17. The minimum atomic E-state index is 0.303. The van der Waals surface area contributed by atoms with E-state index in [1.807, 2.05) is 11.3 Å². The molecule has 0 saturated heterocycles. The van der Waals surface area contributed by atoms with Crippen LogP contribution in [0.25, 0.3) is 0 Å². The van der Waals surface area contributed by atoms with Crippen molar-refractivity contribution < 1.29 is 0 Å². The molecule has 0 radical (unpaired) electrons. The first-order valence-electron chi connectivity index (χ1n) is 7.55. The van der Waals surface area contributed by atoms with Crippen LogP contribution in [0.15, 0.2) is 15.9 Å². The van der Waals surface area contributed by atoms with Crippen LogP contribution in [0.4, 0.5) is 0 Å². The van der Waals surface area contributed by atoms with Crippen molar-refractivity contribution >= 4 is 27.3 Å². The van der Waals surface area contributed by atoms with Gasteiger partial charge in [-0.3, -0.25) is 0 Å². The smallest absolute Gasteiger partial charge is 0.0360 e. The van der Waals surface area contributed by atoms with Gasteiger partial charge in [-0.2, -0.15) is 0 Å². The standard InChI is InChI=1S/C16H27BrN2S/c1-12-5-7-16(8-6-12,19(3)4)15(18-2)10-14-9-13(17)11-20-14/h9,11-12,15,18H,5-8,10H2,1-4H3. The first kappa shape index (κ1) is 16.5. The van der Waals surface area contributed by atoms with Crippen LogP contribution in [-0.2, 0) is 6.42 Å². The van der Waals surface area contributed by atoms with Gasteiger partial charge in [-0.05, 0) is 81.2 Å². The lowest BCUT2D eigenvalue weighted by Crippen LogP contribution is -2.60. The minimum absolute atomic E-state index is 0.303. The molecule has 2 nitrogen and oxygen atoms in total. The highest BCUT2D eigenvalue weighted by molar-refractivity contribution is 9.10. The van der Waals surface area contributed by atoms with E-state index >= 15 is 0 Å². The van der Waals surface area contributed by atoms with Gasteiger partial charge in [0.1, 0.15) is 0 Å². The molecule has 1 aliphatic carbocycles. The van der Waals surface area contributed by atoms with Crippen molar-refractivity contribution in [3.63, 3.8) is 0 Å². The molecule has 1 aromatic heterocycles. The summed E-state index contributed by atoms with van der Waals surface area (Å²) in [5.74, 6) is 0.886. The monoisotopic (exact) mass is 358 g/mol. The van der Waals surface area contributed by atoms with Crippen molar-refractivity contribution in [2.24, 2.45) is 5.92 Å². The third-order valence-corrected chi connectivity index (χ3v) is 6.77. The Morgan fingerprint density at radius 2 is 2.10 bits per heavy atom. The number of nitrogens with zero attached hydrogens (tertiary/aromatic N) is 1. The van der Waals surface area contributed by atoms with Crippen LogP contribution in [0.5, 0.6) is 0 Å². The normalized spacial score (nSPS) is 28.8. The second-order valence-corrected chi connectivity index (χ2v) is 8.37. The SMILES string of the molecule is CNC(Cc1cc(Br)cs1)C1(N(C)C)CCC(C)CC1. The molecule has 1 heterocycles. The lowest BCUT2D eigenvalue weighted by Gasteiger charge is -2.49. The van der Waals surface area contributed by atoms with Gasteiger partial charge in [-0.1, -0.05) is 6.92 Å². The van der Waals surface area contributed by atoms with E-state index in [0.29, 0.717) is 11.6 Å². The largest absolute Gasteiger partial charge is 0.315 e. The second kappa shape index (κ2) is 6.91. The summed E-state index contributed by atoms with van der Waals surface area (Å²) in [4.78, 5) is 3.94. The fraction of sp³-hybridized carbons (Fsp3) is 0.750. The third kappa shape index (κ3) is 3.46. The van der Waals surface area contributed by atoms with E-state index in [9.17, 15) is 0 Å². The van der Waals surface area contributed by atoms with Gasteiger partial charge >= 0.3 is 0 Å². The molecule has 0 aliphatic heterocycles. The van der Waals surface area contributed by atoms with E-state index in [4.69, 9.17) is 0 Å². The summed E-state index contributed by atoms with van der Waals surface area (Å²) in [7, 11) is 6.63. The lowest BCUT2D eigenvalue weighted by molar-refractivity contribution is 0.0464. The number of likely N-dealkylation sites (N-methyl/N-ethyl adjacent to an activating group) is 2. The van der Waals surface area contributed by atoms with E-state index in [1.54, 1.807) is 0 Å². The number of hydrogen-bond acceptors (Lipinski definition) is 3. The molecule has 4 heteroatoms. The van der Waals surface area contributed by atoms with Gasteiger partial charge in [-0.15, -0.1) is 11.3 Å². The molecule has 114 valence electrons. The maximum absolute atomic E-state index is 3.62. The predicted octanol–water partition coefficient (Wildman–Crippen LogP) is 4.15. The molecular weight excluding hydrogens is 332 g/mol. The van der Waals surface area contributed by atoms with E-state index in [-0.39, 0.29) is 0 Å². The van der Waals surface area contributed by atoms with Gasteiger partial charge in [0.15, 0.2) is 0 Å². The minimum Gasteiger partial charge on any atom is -0.315 e. The first-order valence-corrected chi connectivity index (χ1v) is 9.23. The summed E-state index contributed by atoms with van der Waals surface area (Å²) >= 11 is 5.43. The molecule has 1 unspecified atom stereocenters. The van der Waals surface area contributed by atoms with Crippen LogP contribution in [0, 0.1) is 5.92 Å². The maximum Gasteiger partial charge on any atom is 0.0360 e. The van der Waals surface area contributed by atoms with Crippen molar-refractivity contribution in [3.05, 3.63) is 20.8 Å². The van der Waals surface area contributed by atoms with E-state index < -0.39 is 0 Å². The topological polar surface area (TPSA) is 15.3 Å². The van der Waals surface area contributed by atoms with Crippen LogP contribution in [0.1, 0.15) is 37.5 Å². The Labute approximate surface area is 136 Å². The summed E-state index contributed by atoms with van der Waals surface area (Å²) in [6.07, 6.45) is 6.44. The third-order valence-electron chi connectivity index (χ3n) is 5.05. The zero-order valence-electron chi connectivity index (χ0n) is 13.1. The molecule has 1 atom stereocenters. The van der Waals surface area contributed by atoms with Crippen LogP contribution in [0.3, 0.4) is 0 Å². The lowest BCUT2D eigenvalue weighted by atomic mass is 9.71. The molecule has 0 aromatic carbocycles. The average molecular weight is 359 g/mol. The summed E-state index contributed by atoms with van der Waals surface area (Å²) in [5, 5.41) is 5.80. The van der Waals surface area contributed by atoms with E-state index in [1.165, 1.54) is 35.0 Å². The van der Waals surface area contributed by atoms with Gasteiger partial charge in [0, 0.05) is 26.3 Å². The molecule has 20 heavy (non-hydrogen) atoms. The summed E-state index contributed by atoms with van der Waals surface area (Å²) in [6, 6.07) is 2.79. The summed E-state index contributed by atoms with van der Waals surface area (Å²) in [6.45, 7) is 2.39. The second-order valence-electron chi connectivity index (χ2n) is 6.46. The predicted molar refractivity (Wildman–Crippen MR) is 92.6 cm³/mol. The van der Waals surface area contributed by atoms with Crippen molar-refractivity contribution in [1.29, 1.82) is 0 Å². The Bertz CT molecular complexity index is 422. The van der Waals surface area contributed by atoms with Gasteiger partial charge in [0.05, 0.1) is 0 Å². The van der Waals surface area contributed by atoms with Crippen LogP contribution in [0.2, 0.25) is 0 Å². The van der Waals surface area contributed by atoms with Crippen LogP contribution >= 0.6 is 27.3 Å². The average Bonchev–Trinajstić information content (AvgIpc) is 2.82. The van der Waals surface area contributed by atoms with Crippen LogP contribution < -0.4 is 5.32 Å². The fourth-order valence-corrected chi connectivity index (χ4v) is 5.09. The first-order chi connectivity index (χ1) is 9.48. The molecule has 1 N–H and O–H groups in total. The molecule has 0 spiro atoms. The highest BCUT2D eigenvalue weighted by Crippen LogP contribution is 2.39. The molecule has 1 aliphatic rings. The highest BCUT2D eigenvalue weighted by Gasteiger charge is 2.42. The Morgan fingerprint density at radius 3 is 2.55 bits per heavy atom. The maximum atomic E-state index is 3.62. The van der Waals surface area contributed by atoms with Crippen molar-refractivity contribution in [1.82, 2.24) is 10.2 Å². The van der Waals surface area contributed by atoms with Crippen molar-refractivity contribution in [3.8, 4) is 0 Å². The summed E-state index contributed by atoms with van der Waals surface area (Å²) < 4.78 is 1.21. The van der Waals surface area contributed by atoms with Crippen molar-refractivity contribution in [2.45, 2.75) is 50.6 Å². The highest BCUT2D eigenvalue weighted by atomic mass is 79.9. The van der Waals surface area contributed by atoms with Gasteiger partial charge < -0.3 is 10.2 Å². The molecule has 1 saturated carbocycles. The molecule has 0 bridgehead atoms. The van der Waals surface area contributed by atoms with E-state index in [0.717, 1.165) is 12.3 Å². The number of nitrogens with one attached hydrogen (secondary N) is 1. The van der Waals surface area contributed by atoms with Gasteiger partial charge in [0.25, 0.3) is 0 Å². The van der Waals surface area contributed by atoms with Crippen molar-refractivity contribution in [2.75, 3.05) is 21.1 Å².